The topological polar surface area (TPSA) is 61.4 Å². The highest BCUT2D eigenvalue weighted by Gasteiger charge is 2.31. The Labute approximate surface area is 137 Å². The minimum Gasteiger partial charge on any atom is -0.335 e. The summed E-state index contributed by atoms with van der Waals surface area (Å²) < 4.78 is 0. The van der Waals surface area contributed by atoms with E-state index >= 15 is 0 Å². The van der Waals surface area contributed by atoms with Gasteiger partial charge >= 0.3 is 6.03 Å². The largest absolute Gasteiger partial charge is 0.335 e. The molecule has 3 amide bonds. The third kappa shape index (κ3) is 4.24. The average Bonchev–Trinajstić information content (AvgIpc) is 2.74. The molecule has 1 aromatic carbocycles. The molecule has 23 heavy (non-hydrogen) atoms. The molecule has 1 aromatic rings. The van der Waals surface area contributed by atoms with Crippen LogP contribution in [0.1, 0.15) is 44.9 Å². The Balaban J connectivity index is 1.50. The first-order valence-electron chi connectivity index (χ1n) is 8.65. The van der Waals surface area contributed by atoms with Crippen molar-refractivity contribution in [3.63, 3.8) is 0 Å². The van der Waals surface area contributed by atoms with Gasteiger partial charge in [0, 0.05) is 24.7 Å². The third-order valence-electron chi connectivity index (χ3n) is 4.72. The number of nitrogens with zero attached hydrogens (tertiary/aromatic N) is 1. The summed E-state index contributed by atoms with van der Waals surface area (Å²) in [6, 6.07) is 9.64. The van der Waals surface area contributed by atoms with Crippen LogP contribution < -0.4 is 15.5 Å². The summed E-state index contributed by atoms with van der Waals surface area (Å²) in [5.41, 5.74) is 0.894. The SMILES string of the molecule is O=C(NC1CCCCCC1)N[C@@H]1CC(=O)N(c2ccccc2)C1. The molecular weight excluding hydrogens is 290 g/mol. The van der Waals surface area contributed by atoms with Crippen molar-refractivity contribution in [1.82, 2.24) is 10.6 Å². The van der Waals surface area contributed by atoms with Crippen molar-refractivity contribution in [3.05, 3.63) is 30.3 Å². The van der Waals surface area contributed by atoms with E-state index in [0.29, 0.717) is 13.0 Å². The summed E-state index contributed by atoms with van der Waals surface area (Å²) in [4.78, 5) is 26.1. The number of rotatable bonds is 3. The molecule has 5 nitrogen and oxygen atoms in total. The number of benzene rings is 1. The Kier molecular flexibility index (Phi) is 5.16. The molecule has 0 bridgehead atoms. The minimum atomic E-state index is -0.135. The first-order chi connectivity index (χ1) is 11.2. The summed E-state index contributed by atoms with van der Waals surface area (Å²) in [6.07, 6.45) is 7.41. The molecule has 0 aromatic heterocycles. The fourth-order valence-electron chi connectivity index (χ4n) is 3.50. The standard InChI is InChI=1S/C18H25N3O2/c22-17-12-15(13-21(17)16-10-6-3-7-11-16)20-18(23)19-14-8-4-1-2-5-9-14/h3,6-7,10-11,14-15H,1-2,4-5,8-9,12-13H2,(H2,19,20,23)/t15-/m1/s1. The number of hydrogen-bond acceptors (Lipinski definition) is 2. The summed E-state index contributed by atoms with van der Waals surface area (Å²) in [6.45, 7) is 0.543. The zero-order valence-corrected chi connectivity index (χ0v) is 13.5. The molecule has 1 saturated carbocycles. The maximum absolute atomic E-state index is 12.2. The highest BCUT2D eigenvalue weighted by atomic mass is 16.2. The Hall–Kier alpha value is -2.04. The second kappa shape index (κ2) is 7.49. The van der Waals surface area contributed by atoms with Crippen molar-refractivity contribution in [1.29, 1.82) is 0 Å². The number of hydrogen-bond donors (Lipinski definition) is 2. The van der Waals surface area contributed by atoms with Crippen LogP contribution in [0.4, 0.5) is 10.5 Å². The summed E-state index contributed by atoms with van der Waals surface area (Å²) in [5.74, 6) is 0.0657. The predicted octanol–water partition coefficient (Wildman–Crippen LogP) is 2.81. The molecule has 3 rings (SSSR count). The number of carbonyl (C=O) groups excluding carboxylic acids is 2. The molecular formula is C18H25N3O2. The Morgan fingerprint density at radius 1 is 0.957 bits per heavy atom. The van der Waals surface area contributed by atoms with E-state index in [1.807, 2.05) is 30.3 Å². The lowest BCUT2D eigenvalue weighted by Gasteiger charge is -2.20. The van der Waals surface area contributed by atoms with Gasteiger partial charge in [-0.05, 0) is 25.0 Å². The maximum Gasteiger partial charge on any atom is 0.315 e. The smallest absolute Gasteiger partial charge is 0.315 e. The number of amides is 3. The molecule has 124 valence electrons. The van der Waals surface area contributed by atoms with Crippen LogP contribution in [0.2, 0.25) is 0 Å². The highest BCUT2D eigenvalue weighted by Crippen LogP contribution is 2.21. The van der Waals surface area contributed by atoms with E-state index in [2.05, 4.69) is 10.6 Å². The Morgan fingerprint density at radius 2 is 1.61 bits per heavy atom. The van der Waals surface area contributed by atoms with Gasteiger partial charge in [-0.25, -0.2) is 4.79 Å². The lowest BCUT2D eigenvalue weighted by Crippen LogP contribution is -2.47. The first kappa shape index (κ1) is 15.8. The van der Waals surface area contributed by atoms with E-state index < -0.39 is 0 Å². The molecule has 1 aliphatic heterocycles. The average molecular weight is 315 g/mol. The van der Waals surface area contributed by atoms with Gasteiger partial charge in [0.25, 0.3) is 0 Å². The lowest BCUT2D eigenvalue weighted by atomic mass is 10.1. The number of nitrogens with one attached hydrogen (secondary N) is 2. The molecule has 0 spiro atoms. The molecule has 2 N–H and O–H groups in total. The summed E-state index contributed by atoms with van der Waals surface area (Å²) in [5, 5.41) is 6.04. The van der Waals surface area contributed by atoms with E-state index in [4.69, 9.17) is 0 Å². The van der Waals surface area contributed by atoms with Crippen molar-refractivity contribution >= 4 is 17.6 Å². The van der Waals surface area contributed by atoms with E-state index in [0.717, 1.165) is 18.5 Å². The lowest BCUT2D eigenvalue weighted by molar-refractivity contribution is -0.117. The molecule has 2 fully saturated rings. The number of urea groups is 1. The monoisotopic (exact) mass is 315 g/mol. The van der Waals surface area contributed by atoms with Crippen LogP contribution in [0, 0.1) is 0 Å². The van der Waals surface area contributed by atoms with E-state index in [1.54, 1.807) is 4.90 Å². The Bertz CT molecular complexity index is 538. The van der Waals surface area contributed by atoms with Crippen LogP contribution in [0.15, 0.2) is 30.3 Å². The number of anilines is 1. The summed E-state index contributed by atoms with van der Waals surface area (Å²) in [7, 11) is 0. The fourth-order valence-corrected chi connectivity index (χ4v) is 3.50. The van der Waals surface area contributed by atoms with Gasteiger partial charge in [-0.15, -0.1) is 0 Å². The maximum atomic E-state index is 12.2. The van der Waals surface area contributed by atoms with Crippen LogP contribution in [0.3, 0.4) is 0 Å². The van der Waals surface area contributed by atoms with E-state index in [1.165, 1.54) is 25.7 Å². The van der Waals surface area contributed by atoms with Gasteiger partial charge in [0.05, 0.1) is 6.04 Å². The molecule has 1 heterocycles. The van der Waals surface area contributed by atoms with Crippen LogP contribution in [-0.2, 0) is 4.79 Å². The number of para-hydroxylation sites is 1. The normalized spacial score (nSPS) is 22.7. The van der Waals surface area contributed by atoms with Gasteiger partial charge in [-0.2, -0.15) is 0 Å². The second-order valence-corrected chi connectivity index (χ2v) is 6.55. The van der Waals surface area contributed by atoms with E-state index in [-0.39, 0.29) is 24.0 Å². The van der Waals surface area contributed by atoms with Crippen LogP contribution in [-0.4, -0.2) is 30.6 Å². The van der Waals surface area contributed by atoms with Gasteiger partial charge in [0.2, 0.25) is 5.91 Å². The van der Waals surface area contributed by atoms with Crippen molar-refractivity contribution in [3.8, 4) is 0 Å². The minimum absolute atomic E-state index is 0.0657. The Morgan fingerprint density at radius 3 is 2.30 bits per heavy atom. The van der Waals surface area contributed by atoms with Gasteiger partial charge < -0.3 is 15.5 Å². The molecule has 0 radical (unpaired) electrons. The van der Waals surface area contributed by atoms with Crippen molar-refractivity contribution in [2.75, 3.05) is 11.4 Å². The number of carbonyl (C=O) groups is 2. The predicted molar refractivity (Wildman–Crippen MR) is 90.4 cm³/mol. The van der Waals surface area contributed by atoms with E-state index in [9.17, 15) is 9.59 Å². The first-order valence-corrected chi connectivity index (χ1v) is 8.65. The van der Waals surface area contributed by atoms with Gasteiger partial charge in [-0.1, -0.05) is 43.9 Å². The highest BCUT2D eigenvalue weighted by molar-refractivity contribution is 5.96. The van der Waals surface area contributed by atoms with Gasteiger partial charge in [0.15, 0.2) is 0 Å². The zero-order chi connectivity index (χ0) is 16.1. The summed E-state index contributed by atoms with van der Waals surface area (Å²) >= 11 is 0. The fraction of sp³-hybridized carbons (Fsp3) is 0.556. The molecule has 2 aliphatic rings. The van der Waals surface area contributed by atoms with Crippen LogP contribution in [0.5, 0.6) is 0 Å². The second-order valence-electron chi connectivity index (χ2n) is 6.55. The molecule has 0 unspecified atom stereocenters. The van der Waals surface area contributed by atoms with Gasteiger partial charge in [-0.3, -0.25) is 4.79 Å². The third-order valence-corrected chi connectivity index (χ3v) is 4.72. The molecule has 1 aliphatic carbocycles. The molecule has 5 heteroatoms. The van der Waals surface area contributed by atoms with Crippen molar-refractivity contribution in [2.24, 2.45) is 0 Å². The van der Waals surface area contributed by atoms with Crippen molar-refractivity contribution < 1.29 is 9.59 Å². The molecule has 1 atom stereocenters. The zero-order valence-electron chi connectivity index (χ0n) is 13.5. The van der Waals surface area contributed by atoms with Crippen LogP contribution >= 0.6 is 0 Å². The van der Waals surface area contributed by atoms with Crippen molar-refractivity contribution in [2.45, 2.75) is 57.0 Å². The van der Waals surface area contributed by atoms with Crippen LogP contribution in [0.25, 0.3) is 0 Å². The van der Waals surface area contributed by atoms with Gasteiger partial charge in [0.1, 0.15) is 0 Å². The quantitative estimate of drug-likeness (QED) is 0.843. The molecule has 1 saturated heterocycles.